The number of aryl methyl sites for hydroxylation is 1. The average Bonchev–Trinajstić information content (AvgIpc) is 2.68. The second-order valence-electron chi connectivity index (χ2n) is 6.39. The van der Waals surface area contributed by atoms with Gasteiger partial charge in [-0.15, -0.1) is 0 Å². The van der Waals surface area contributed by atoms with Crippen molar-refractivity contribution in [2.45, 2.75) is 13.3 Å². The van der Waals surface area contributed by atoms with Gasteiger partial charge in [0.2, 0.25) is 0 Å². The van der Waals surface area contributed by atoms with Gasteiger partial charge in [-0.2, -0.15) is 8.42 Å². The molecule has 0 saturated heterocycles. The fourth-order valence-corrected chi connectivity index (χ4v) is 3.53. The Morgan fingerprint density at radius 3 is 2.72 bits per heavy atom. The summed E-state index contributed by atoms with van der Waals surface area (Å²) in [5, 5.41) is 0.764. The Balaban J connectivity index is 1.85. The van der Waals surface area contributed by atoms with Gasteiger partial charge in [-0.25, -0.2) is 9.44 Å². The van der Waals surface area contributed by atoms with Crippen LogP contribution in [0.3, 0.4) is 0 Å². The van der Waals surface area contributed by atoms with Gasteiger partial charge in [-0.3, -0.25) is 4.79 Å². The molecule has 3 aromatic rings. The SMILES string of the molecule is CNS(=O)(=O)NCCCOc1cc(C)ccc1-c1cc(=O)c2cccc(Cl)c2o1. The Bertz CT molecular complexity index is 1190. The van der Waals surface area contributed by atoms with Crippen molar-refractivity contribution in [2.24, 2.45) is 0 Å². The largest absolute Gasteiger partial charge is 0.493 e. The second-order valence-corrected chi connectivity index (χ2v) is 8.51. The third-order valence-corrected chi connectivity index (χ3v) is 5.67. The van der Waals surface area contributed by atoms with Crippen LogP contribution in [0.15, 0.2) is 51.7 Å². The van der Waals surface area contributed by atoms with Gasteiger partial charge < -0.3 is 9.15 Å². The summed E-state index contributed by atoms with van der Waals surface area (Å²) >= 11 is 6.20. The van der Waals surface area contributed by atoms with Crippen LogP contribution in [0.4, 0.5) is 0 Å². The lowest BCUT2D eigenvalue weighted by Crippen LogP contribution is -2.35. The summed E-state index contributed by atoms with van der Waals surface area (Å²) in [6, 6.07) is 12.0. The van der Waals surface area contributed by atoms with Crippen molar-refractivity contribution in [3.8, 4) is 17.1 Å². The van der Waals surface area contributed by atoms with Gasteiger partial charge in [-0.05, 0) is 43.2 Å². The lowest BCUT2D eigenvalue weighted by Gasteiger charge is -2.13. The number of nitrogens with one attached hydrogen (secondary N) is 2. The van der Waals surface area contributed by atoms with E-state index in [0.29, 0.717) is 39.5 Å². The van der Waals surface area contributed by atoms with E-state index >= 15 is 0 Å². The summed E-state index contributed by atoms with van der Waals surface area (Å²) in [4.78, 5) is 12.5. The van der Waals surface area contributed by atoms with Crippen LogP contribution in [0, 0.1) is 6.92 Å². The smallest absolute Gasteiger partial charge is 0.276 e. The molecule has 9 heteroatoms. The Kier molecular flexibility index (Phi) is 6.59. The standard InChI is InChI=1S/C20H21ClN2O5S/c1-13-7-8-15(18(11-13)27-10-4-9-23-29(25,26)22-2)19-12-17(24)14-5-3-6-16(21)20(14)28-19/h3,5-8,11-12,22-23H,4,9-10H2,1-2H3. The van der Waals surface area contributed by atoms with E-state index in [0.717, 1.165) is 5.56 Å². The fourth-order valence-electron chi connectivity index (χ4n) is 2.76. The van der Waals surface area contributed by atoms with Gasteiger partial charge in [-0.1, -0.05) is 23.7 Å². The molecule has 1 heterocycles. The minimum Gasteiger partial charge on any atom is -0.493 e. The molecule has 0 aliphatic heterocycles. The summed E-state index contributed by atoms with van der Waals surface area (Å²) in [6.07, 6.45) is 0.460. The number of ether oxygens (including phenoxy) is 1. The predicted molar refractivity (Wildman–Crippen MR) is 114 cm³/mol. The Morgan fingerprint density at radius 2 is 1.97 bits per heavy atom. The van der Waals surface area contributed by atoms with Crippen molar-refractivity contribution in [3.05, 3.63) is 63.3 Å². The summed E-state index contributed by atoms with van der Waals surface area (Å²) in [5.41, 5.74) is 1.72. The molecule has 0 unspecified atom stereocenters. The maximum absolute atomic E-state index is 12.5. The van der Waals surface area contributed by atoms with Crippen molar-refractivity contribution in [1.29, 1.82) is 0 Å². The maximum Gasteiger partial charge on any atom is 0.276 e. The lowest BCUT2D eigenvalue weighted by molar-refractivity contribution is 0.312. The van der Waals surface area contributed by atoms with Gasteiger partial charge in [0, 0.05) is 19.7 Å². The van der Waals surface area contributed by atoms with Crippen LogP contribution in [0.5, 0.6) is 5.75 Å². The van der Waals surface area contributed by atoms with E-state index in [4.69, 9.17) is 20.8 Å². The van der Waals surface area contributed by atoms with E-state index in [2.05, 4.69) is 9.44 Å². The molecule has 0 atom stereocenters. The summed E-state index contributed by atoms with van der Waals surface area (Å²) in [5.74, 6) is 0.887. The van der Waals surface area contributed by atoms with Crippen LogP contribution in [0.1, 0.15) is 12.0 Å². The quantitative estimate of drug-likeness (QED) is 0.528. The normalized spacial score (nSPS) is 11.7. The van der Waals surface area contributed by atoms with Crippen LogP contribution in [0.25, 0.3) is 22.3 Å². The highest BCUT2D eigenvalue weighted by Crippen LogP contribution is 2.33. The van der Waals surface area contributed by atoms with Crippen LogP contribution >= 0.6 is 11.6 Å². The topological polar surface area (TPSA) is 97.6 Å². The third kappa shape index (κ3) is 5.16. The molecule has 0 aliphatic carbocycles. The van der Waals surface area contributed by atoms with E-state index in [1.807, 2.05) is 25.1 Å². The van der Waals surface area contributed by atoms with E-state index < -0.39 is 10.2 Å². The first-order valence-electron chi connectivity index (χ1n) is 8.95. The number of para-hydroxylation sites is 1. The molecule has 0 radical (unpaired) electrons. The first-order chi connectivity index (χ1) is 13.8. The molecular formula is C20H21ClN2O5S. The van der Waals surface area contributed by atoms with Crippen molar-refractivity contribution in [2.75, 3.05) is 20.2 Å². The average molecular weight is 437 g/mol. The van der Waals surface area contributed by atoms with Crippen LogP contribution < -0.4 is 19.6 Å². The fraction of sp³-hybridized carbons (Fsp3) is 0.250. The number of hydrogen-bond donors (Lipinski definition) is 2. The number of rotatable bonds is 8. The molecule has 0 fully saturated rings. The van der Waals surface area contributed by atoms with Gasteiger partial charge in [0.05, 0.1) is 22.6 Å². The molecule has 0 saturated carbocycles. The van der Waals surface area contributed by atoms with E-state index in [-0.39, 0.29) is 18.6 Å². The van der Waals surface area contributed by atoms with Gasteiger partial charge in [0.15, 0.2) is 11.0 Å². The van der Waals surface area contributed by atoms with Crippen molar-refractivity contribution < 1.29 is 17.6 Å². The molecule has 7 nitrogen and oxygen atoms in total. The highest BCUT2D eigenvalue weighted by atomic mass is 35.5. The molecule has 0 bridgehead atoms. The zero-order chi connectivity index (χ0) is 21.0. The molecule has 1 aromatic heterocycles. The molecule has 2 aromatic carbocycles. The van der Waals surface area contributed by atoms with Crippen LogP contribution in [-0.4, -0.2) is 28.6 Å². The molecule has 0 spiro atoms. The van der Waals surface area contributed by atoms with Gasteiger partial charge in [0.25, 0.3) is 10.2 Å². The highest BCUT2D eigenvalue weighted by Gasteiger charge is 2.14. The Labute approximate surface area is 173 Å². The number of benzene rings is 2. The van der Waals surface area contributed by atoms with E-state index in [9.17, 15) is 13.2 Å². The molecular weight excluding hydrogens is 416 g/mol. The third-order valence-electron chi connectivity index (χ3n) is 4.25. The number of fused-ring (bicyclic) bond motifs is 1. The van der Waals surface area contributed by atoms with Gasteiger partial charge in [0.1, 0.15) is 11.5 Å². The number of hydrogen-bond acceptors (Lipinski definition) is 5. The maximum atomic E-state index is 12.5. The monoisotopic (exact) mass is 436 g/mol. The summed E-state index contributed by atoms with van der Waals surface area (Å²) in [7, 11) is -2.14. The molecule has 29 heavy (non-hydrogen) atoms. The Hall–Kier alpha value is -2.39. The molecule has 0 amide bonds. The Morgan fingerprint density at radius 1 is 1.17 bits per heavy atom. The van der Waals surface area contributed by atoms with Crippen LogP contribution in [0.2, 0.25) is 5.02 Å². The highest BCUT2D eigenvalue weighted by molar-refractivity contribution is 7.87. The van der Waals surface area contributed by atoms with Crippen molar-refractivity contribution >= 4 is 32.8 Å². The first kappa shape index (κ1) is 21.3. The predicted octanol–water partition coefficient (Wildman–Crippen LogP) is 3.24. The number of halogens is 1. The van der Waals surface area contributed by atoms with Crippen molar-refractivity contribution in [1.82, 2.24) is 9.44 Å². The zero-order valence-corrected chi connectivity index (χ0v) is 17.6. The summed E-state index contributed by atoms with van der Waals surface area (Å²) in [6.45, 7) is 2.43. The molecule has 154 valence electrons. The van der Waals surface area contributed by atoms with Crippen LogP contribution in [-0.2, 0) is 10.2 Å². The first-order valence-corrected chi connectivity index (χ1v) is 10.8. The molecule has 3 rings (SSSR count). The minimum atomic E-state index is -3.47. The summed E-state index contributed by atoms with van der Waals surface area (Å²) < 4.78 is 39.1. The van der Waals surface area contributed by atoms with Gasteiger partial charge >= 0.3 is 0 Å². The molecule has 0 aliphatic rings. The van der Waals surface area contributed by atoms with E-state index in [1.54, 1.807) is 18.2 Å². The molecule has 2 N–H and O–H groups in total. The van der Waals surface area contributed by atoms with Crippen molar-refractivity contribution in [3.63, 3.8) is 0 Å². The lowest BCUT2D eigenvalue weighted by atomic mass is 10.1. The van der Waals surface area contributed by atoms with E-state index in [1.165, 1.54) is 13.1 Å². The zero-order valence-electron chi connectivity index (χ0n) is 16.0. The minimum absolute atomic E-state index is 0.197. The second kappa shape index (κ2) is 8.96.